The van der Waals surface area contributed by atoms with Crippen LogP contribution in [0.25, 0.3) is 0 Å². The van der Waals surface area contributed by atoms with E-state index in [1.165, 1.54) is 19.1 Å². The number of halogens is 2. The van der Waals surface area contributed by atoms with Crippen molar-refractivity contribution in [3.8, 4) is 5.75 Å². The van der Waals surface area contributed by atoms with Gasteiger partial charge in [-0.05, 0) is 13.0 Å². The van der Waals surface area contributed by atoms with E-state index >= 15 is 0 Å². The van der Waals surface area contributed by atoms with Gasteiger partial charge in [0, 0.05) is 16.1 Å². The molecule has 1 aromatic rings. The van der Waals surface area contributed by atoms with Crippen molar-refractivity contribution in [2.45, 2.75) is 13.0 Å². The zero-order valence-corrected chi connectivity index (χ0v) is 10.6. The first-order valence-corrected chi connectivity index (χ1v) is 5.61. The average molecular weight is 308 g/mol. The van der Waals surface area contributed by atoms with Gasteiger partial charge in [-0.1, -0.05) is 15.9 Å². The summed E-state index contributed by atoms with van der Waals surface area (Å²) in [6.45, 7) is 0.405. The van der Waals surface area contributed by atoms with Crippen LogP contribution in [0.3, 0.4) is 0 Å². The summed E-state index contributed by atoms with van der Waals surface area (Å²) in [5, 5.41) is 20.4. The summed E-state index contributed by atoms with van der Waals surface area (Å²) in [5.41, 5.74) is -0.0525. The smallest absolute Gasteiger partial charge is 0.312 e. The lowest BCUT2D eigenvalue weighted by Gasteiger charge is -2.13. The molecule has 0 unspecified atom stereocenters. The molecule has 0 spiro atoms. The monoisotopic (exact) mass is 307 g/mol. The van der Waals surface area contributed by atoms with Crippen molar-refractivity contribution in [3.63, 3.8) is 0 Å². The highest BCUT2D eigenvalue weighted by Crippen LogP contribution is 2.37. The summed E-state index contributed by atoms with van der Waals surface area (Å²) in [6, 6.07) is 2.75. The molecule has 0 heterocycles. The van der Waals surface area contributed by atoms with Gasteiger partial charge < -0.3 is 9.84 Å². The molecule has 0 saturated carbocycles. The number of benzene rings is 1. The lowest BCUT2D eigenvalue weighted by molar-refractivity contribution is -0.386. The minimum atomic E-state index is -0.944. The number of alkyl halides is 1. The maximum atomic E-state index is 12.1. The Labute approximate surface area is 105 Å². The van der Waals surface area contributed by atoms with Gasteiger partial charge in [0.05, 0.1) is 11.0 Å². The first-order valence-electron chi connectivity index (χ1n) is 4.82. The van der Waals surface area contributed by atoms with Gasteiger partial charge in [0.1, 0.15) is 13.3 Å². The molecule has 0 aromatic heterocycles. The standard InChI is InChI=1S/C10H11BrFNO4/c1-6(14)8-4-7(11)5-9(13(15)16)10(8)17-3-2-12/h4-6,14H,2-3H2,1H3/t6-/m1/s1. The number of nitrogens with zero attached hydrogens (tertiary/aromatic N) is 1. The highest BCUT2D eigenvalue weighted by atomic mass is 79.9. The normalized spacial score (nSPS) is 12.2. The quantitative estimate of drug-likeness (QED) is 0.670. The third-order valence-corrected chi connectivity index (χ3v) is 2.49. The number of rotatable bonds is 5. The molecule has 0 radical (unpaired) electrons. The van der Waals surface area contributed by atoms with Gasteiger partial charge in [-0.15, -0.1) is 0 Å². The molecule has 0 fully saturated rings. The molecule has 1 N–H and O–H groups in total. The topological polar surface area (TPSA) is 72.6 Å². The van der Waals surface area contributed by atoms with Gasteiger partial charge >= 0.3 is 5.69 Å². The van der Waals surface area contributed by atoms with E-state index in [0.717, 1.165) is 0 Å². The summed E-state index contributed by atoms with van der Waals surface area (Å²) in [4.78, 5) is 10.2. The molecule has 0 aliphatic heterocycles. The van der Waals surface area contributed by atoms with E-state index in [4.69, 9.17) is 4.74 Å². The number of hydrogen-bond acceptors (Lipinski definition) is 4. The van der Waals surface area contributed by atoms with Crippen LogP contribution in [0.15, 0.2) is 16.6 Å². The number of nitro benzene ring substituents is 1. The lowest BCUT2D eigenvalue weighted by atomic mass is 10.1. The maximum Gasteiger partial charge on any atom is 0.312 e. The van der Waals surface area contributed by atoms with E-state index < -0.39 is 17.7 Å². The molecular formula is C10H11BrFNO4. The molecule has 1 atom stereocenters. The number of aliphatic hydroxyl groups excluding tert-OH is 1. The Morgan fingerprint density at radius 3 is 2.76 bits per heavy atom. The molecular weight excluding hydrogens is 297 g/mol. The van der Waals surface area contributed by atoms with Crippen molar-refractivity contribution in [1.82, 2.24) is 0 Å². The van der Waals surface area contributed by atoms with Gasteiger partial charge in [0.15, 0.2) is 0 Å². The molecule has 0 aliphatic rings. The summed E-state index contributed by atoms with van der Waals surface area (Å²) in [7, 11) is 0. The Balaban J connectivity index is 3.31. The number of hydrogen-bond donors (Lipinski definition) is 1. The Bertz CT molecular complexity index is 425. The zero-order valence-electron chi connectivity index (χ0n) is 9.02. The van der Waals surface area contributed by atoms with Crippen LogP contribution in [0.2, 0.25) is 0 Å². The van der Waals surface area contributed by atoms with Gasteiger partial charge in [0.25, 0.3) is 0 Å². The summed E-state index contributed by atoms with van der Waals surface area (Å²) < 4.78 is 17.5. The average Bonchev–Trinajstić information content (AvgIpc) is 2.26. The highest BCUT2D eigenvalue weighted by molar-refractivity contribution is 9.10. The number of ether oxygens (including phenoxy) is 1. The summed E-state index contributed by atoms with van der Waals surface area (Å²) in [5.74, 6) is -0.0918. The summed E-state index contributed by atoms with van der Waals surface area (Å²) in [6.07, 6.45) is -0.944. The van der Waals surface area contributed by atoms with E-state index in [0.29, 0.717) is 4.47 Å². The van der Waals surface area contributed by atoms with Crippen LogP contribution in [0, 0.1) is 10.1 Å². The van der Waals surface area contributed by atoms with Crippen molar-refractivity contribution in [1.29, 1.82) is 0 Å². The molecule has 0 amide bonds. The lowest BCUT2D eigenvalue weighted by Crippen LogP contribution is -2.06. The van der Waals surface area contributed by atoms with Crippen molar-refractivity contribution in [3.05, 3.63) is 32.3 Å². The zero-order chi connectivity index (χ0) is 13.0. The van der Waals surface area contributed by atoms with E-state index in [9.17, 15) is 19.6 Å². The molecule has 0 bridgehead atoms. The predicted octanol–water partition coefficient (Wildman–Crippen LogP) is 2.76. The molecule has 1 aromatic carbocycles. The van der Waals surface area contributed by atoms with E-state index in [1.54, 1.807) is 0 Å². The highest BCUT2D eigenvalue weighted by Gasteiger charge is 2.23. The minimum Gasteiger partial charge on any atom is -0.484 e. The third kappa shape index (κ3) is 3.37. The fraction of sp³-hybridized carbons (Fsp3) is 0.400. The van der Waals surface area contributed by atoms with Crippen LogP contribution < -0.4 is 4.74 Å². The number of nitro groups is 1. The van der Waals surface area contributed by atoms with Crippen molar-refractivity contribution in [2.75, 3.05) is 13.3 Å². The van der Waals surface area contributed by atoms with Crippen LogP contribution in [-0.4, -0.2) is 23.3 Å². The Morgan fingerprint density at radius 2 is 2.29 bits per heavy atom. The van der Waals surface area contributed by atoms with Gasteiger partial charge in [-0.3, -0.25) is 10.1 Å². The molecule has 94 valence electrons. The van der Waals surface area contributed by atoms with E-state index in [1.807, 2.05) is 0 Å². The maximum absolute atomic E-state index is 12.1. The molecule has 17 heavy (non-hydrogen) atoms. The Morgan fingerprint density at radius 1 is 1.65 bits per heavy atom. The van der Waals surface area contributed by atoms with Crippen LogP contribution in [0.5, 0.6) is 5.75 Å². The second-order valence-corrected chi connectivity index (χ2v) is 4.23. The largest absolute Gasteiger partial charge is 0.484 e. The van der Waals surface area contributed by atoms with Gasteiger partial charge in [0.2, 0.25) is 5.75 Å². The fourth-order valence-electron chi connectivity index (χ4n) is 1.34. The Kier molecular flexibility index (Phi) is 4.83. The van der Waals surface area contributed by atoms with Crippen molar-refractivity contribution >= 4 is 21.6 Å². The van der Waals surface area contributed by atoms with Crippen molar-refractivity contribution in [2.24, 2.45) is 0 Å². The number of aliphatic hydroxyl groups is 1. The first-order chi connectivity index (χ1) is 7.97. The summed E-state index contributed by atoms with van der Waals surface area (Å²) >= 11 is 3.11. The van der Waals surface area contributed by atoms with Gasteiger partial charge in [-0.25, -0.2) is 4.39 Å². The second kappa shape index (κ2) is 5.92. The first kappa shape index (κ1) is 13.9. The van der Waals surface area contributed by atoms with Crippen LogP contribution in [0.4, 0.5) is 10.1 Å². The third-order valence-electron chi connectivity index (χ3n) is 2.03. The predicted molar refractivity (Wildman–Crippen MR) is 62.9 cm³/mol. The molecule has 7 heteroatoms. The fourth-order valence-corrected chi connectivity index (χ4v) is 1.81. The minimum absolute atomic E-state index is 0.0918. The van der Waals surface area contributed by atoms with E-state index in [2.05, 4.69) is 15.9 Å². The van der Waals surface area contributed by atoms with Crippen LogP contribution >= 0.6 is 15.9 Å². The van der Waals surface area contributed by atoms with E-state index in [-0.39, 0.29) is 23.6 Å². The Hall–Kier alpha value is -1.21. The van der Waals surface area contributed by atoms with Crippen LogP contribution in [-0.2, 0) is 0 Å². The molecule has 1 rings (SSSR count). The van der Waals surface area contributed by atoms with Crippen LogP contribution in [0.1, 0.15) is 18.6 Å². The SMILES string of the molecule is C[C@@H](O)c1cc(Br)cc([N+](=O)[O-])c1OCCF. The van der Waals surface area contributed by atoms with Crippen molar-refractivity contribution < 1.29 is 19.2 Å². The van der Waals surface area contributed by atoms with Gasteiger partial charge in [-0.2, -0.15) is 0 Å². The molecule has 0 saturated heterocycles. The molecule has 5 nitrogen and oxygen atoms in total. The second-order valence-electron chi connectivity index (χ2n) is 3.31. The molecule has 0 aliphatic carbocycles.